The molecule has 0 bridgehead atoms. The fraction of sp³-hybridized carbons (Fsp3) is 0.235. The maximum Gasteiger partial charge on any atom is 0.326 e. The number of halogens is 1. The number of aliphatic hydroxyl groups is 1. The predicted octanol–water partition coefficient (Wildman–Crippen LogP) is 2.14. The van der Waals surface area contributed by atoms with Gasteiger partial charge in [0.1, 0.15) is 24.0 Å². The van der Waals surface area contributed by atoms with Crippen LogP contribution in [0.2, 0.25) is 0 Å². The van der Waals surface area contributed by atoms with Gasteiger partial charge in [-0.2, -0.15) is 0 Å². The number of nitrogens with zero attached hydrogens (tertiary/aromatic N) is 1. The topological polar surface area (TPSA) is 99.5 Å². The summed E-state index contributed by atoms with van der Waals surface area (Å²) in [7, 11) is 0. The molecule has 2 aromatic rings. The zero-order valence-electron chi connectivity index (χ0n) is 13.0. The van der Waals surface area contributed by atoms with E-state index in [0.717, 1.165) is 0 Å². The lowest BCUT2D eigenvalue weighted by molar-refractivity contribution is -0.138. The Morgan fingerprint density at radius 3 is 2.67 bits per heavy atom. The van der Waals surface area contributed by atoms with Crippen LogP contribution in [0.1, 0.15) is 17.7 Å². The van der Waals surface area contributed by atoms with Gasteiger partial charge in [-0.05, 0) is 36.8 Å². The van der Waals surface area contributed by atoms with Crippen LogP contribution < -0.4 is 5.32 Å². The molecule has 6 nitrogen and oxygen atoms in total. The highest BCUT2D eigenvalue weighted by molar-refractivity contribution is 5.80. The number of aromatic nitrogens is 1. The van der Waals surface area contributed by atoms with Crippen molar-refractivity contribution >= 4 is 18.1 Å². The number of carboxylic acid groups (broad SMARTS) is 1. The molecule has 0 aliphatic heterocycles. The van der Waals surface area contributed by atoms with Crippen molar-refractivity contribution in [1.29, 1.82) is 0 Å². The van der Waals surface area contributed by atoms with Crippen LogP contribution in [0, 0.1) is 12.7 Å². The second-order valence-corrected chi connectivity index (χ2v) is 5.24. The van der Waals surface area contributed by atoms with Crippen LogP contribution in [0.15, 0.2) is 30.3 Å². The molecule has 0 saturated carbocycles. The molecule has 1 unspecified atom stereocenters. The smallest absolute Gasteiger partial charge is 0.326 e. The number of carboxylic acids is 1. The third-order valence-corrected chi connectivity index (χ3v) is 3.54. The summed E-state index contributed by atoms with van der Waals surface area (Å²) in [5.74, 6) is -1.32. The fourth-order valence-electron chi connectivity index (χ4n) is 2.30. The third kappa shape index (κ3) is 3.94. The SMILES string of the molecule is Cc1nc(NC(CC=O)C(=O)O)ccc1-c1cc(CO)ccc1F. The summed E-state index contributed by atoms with van der Waals surface area (Å²) in [5.41, 5.74) is 1.91. The Bertz CT molecular complexity index is 764. The molecule has 126 valence electrons. The molecule has 0 aliphatic carbocycles. The first kappa shape index (κ1) is 17.6. The highest BCUT2D eigenvalue weighted by atomic mass is 19.1. The second kappa shape index (κ2) is 7.65. The summed E-state index contributed by atoms with van der Waals surface area (Å²) >= 11 is 0. The van der Waals surface area contributed by atoms with Crippen molar-refractivity contribution in [2.45, 2.75) is 26.0 Å². The van der Waals surface area contributed by atoms with E-state index in [2.05, 4.69) is 10.3 Å². The average molecular weight is 332 g/mol. The Morgan fingerprint density at radius 1 is 1.33 bits per heavy atom. The molecule has 1 aromatic heterocycles. The molecular formula is C17H17FN2O4. The summed E-state index contributed by atoms with van der Waals surface area (Å²) in [4.78, 5) is 25.8. The number of benzene rings is 1. The number of hydrogen-bond donors (Lipinski definition) is 3. The van der Waals surface area contributed by atoms with Gasteiger partial charge < -0.3 is 20.3 Å². The van der Waals surface area contributed by atoms with Crippen molar-refractivity contribution < 1.29 is 24.2 Å². The van der Waals surface area contributed by atoms with Crippen molar-refractivity contribution in [2.75, 3.05) is 5.32 Å². The van der Waals surface area contributed by atoms with Gasteiger partial charge in [0.15, 0.2) is 0 Å². The van der Waals surface area contributed by atoms with Crippen molar-refractivity contribution in [3.63, 3.8) is 0 Å². The highest BCUT2D eigenvalue weighted by Crippen LogP contribution is 2.27. The van der Waals surface area contributed by atoms with Gasteiger partial charge in [-0.3, -0.25) is 0 Å². The van der Waals surface area contributed by atoms with Crippen LogP contribution in [-0.4, -0.2) is 33.5 Å². The molecule has 0 aliphatic rings. The first-order valence-electron chi connectivity index (χ1n) is 7.26. The number of aryl methyl sites for hydroxylation is 1. The third-order valence-electron chi connectivity index (χ3n) is 3.54. The summed E-state index contributed by atoms with van der Waals surface area (Å²) in [6.07, 6.45) is 0.327. The minimum Gasteiger partial charge on any atom is -0.480 e. The molecular weight excluding hydrogens is 315 g/mol. The van der Waals surface area contributed by atoms with E-state index in [4.69, 9.17) is 5.11 Å². The number of anilines is 1. The number of hydrogen-bond acceptors (Lipinski definition) is 5. The maximum atomic E-state index is 14.0. The van der Waals surface area contributed by atoms with Gasteiger partial charge in [0.2, 0.25) is 0 Å². The molecule has 1 aromatic carbocycles. The van der Waals surface area contributed by atoms with E-state index < -0.39 is 17.8 Å². The number of carbonyl (C=O) groups is 2. The van der Waals surface area contributed by atoms with E-state index in [9.17, 15) is 19.1 Å². The minimum atomic E-state index is -1.16. The van der Waals surface area contributed by atoms with Crippen molar-refractivity contribution in [2.24, 2.45) is 0 Å². The first-order valence-corrected chi connectivity index (χ1v) is 7.26. The van der Waals surface area contributed by atoms with Gasteiger partial charge in [0.25, 0.3) is 0 Å². The average Bonchev–Trinajstić information content (AvgIpc) is 2.55. The Morgan fingerprint density at radius 2 is 2.08 bits per heavy atom. The molecule has 24 heavy (non-hydrogen) atoms. The van der Waals surface area contributed by atoms with E-state index in [-0.39, 0.29) is 18.8 Å². The predicted molar refractivity (Wildman–Crippen MR) is 86.0 cm³/mol. The van der Waals surface area contributed by atoms with E-state index in [0.29, 0.717) is 28.7 Å². The van der Waals surface area contributed by atoms with Crippen LogP contribution in [-0.2, 0) is 16.2 Å². The fourth-order valence-corrected chi connectivity index (χ4v) is 2.30. The monoisotopic (exact) mass is 332 g/mol. The quantitative estimate of drug-likeness (QED) is 0.672. The Hall–Kier alpha value is -2.80. The van der Waals surface area contributed by atoms with Crippen LogP contribution in [0.5, 0.6) is 0 Å². The van der Waals surface area contributed by atoms with Gasteiger partial charge in [-0.1, -0.05) is 6.07 Å². The minimum absolute atomic E-state index is 0.189. The Labute approximate surface area is 138 Å². The molecule has 7 heteroatoms. The number of rotatable bonds is 7. The molecule has 1 atom stereocenters. The van der Waals surface area contributed by atoms with Gasteiger partial charge in [-0.25, -0.2) is 14.2 Å². The number of aldehydes is 1. The summed E-state index contributed by atoms with van der Waals surface area (Å²) in [6.45, 7) is 1.46. The van der Waals surface area contributed by atoms with Crippen molar-refractivity contribution in [1.82, 2.24) is 4.98 Å². The summed E-state index contributed by atoms with van der Waals surface area (Å²) in [6, 6.07) is 6.37. The largest absolute Gasteiger partial charge is 0.480 e. The summed E-state index contributed by atoms with van der Waals surface area (Å²) in [5, 5.41) is 20.9. The zero-order chi connectivity index (χ0) is 17.7. The molecule has 2 rings (SSSR count). The molecule has 0 saturated heterocycles. The van der Waals surface area contributed by atoms with E-state index in [1.807, 2.05) is 0 Å². The zero-order valence-corrected chi connectivity index (χ0v) is 13.0. The van der Waals surface area contributed by atoms with Crippen LogP contribution in [0.4, 0.5) is 10.2 Å². The van der Waals surface area contributed by atoms with Gasteiger partial charge >= 0.3 is 5.97 Å². The van der Waals surface area contributed by atoms with Crippen LogP contribution >= 0.6 is 0 Å². The first-order chi connectivity index (χ1) is 11.5. The number of aliphatic hydroxyl groups excluding tert-OH is 1. The highest BCUT2D eigenvalue weighted by Gasteiger charge is 2.18. The molecule has 3 N–H and O–H groups in total. The molecule has 0 radical (unpaired) electrons. The van der Waals surface area contributed by atoms with Crippen LogP contribution in [0.3, 0.4) is 0 Å². The van der Waals surface area contributed by atoms with E-state index in [1.165, 1.54) is 18.2 Å². The normalized spacial score (nSPS) is 11.8. The lowest BCUT2D eigenvalue weighted by Crippen LogP contribution is -2.30. The second-order valence-electron chi connectivity index (χ2n) is 5.24. The molecule has 1 heterocycles. The Balaban J connectivity index is 2.33. The number of nitrogens with one attached hydrogen (secondary N) is 1. The van der Waals surface area contributed by atoms with E-state index in [1.54, 1.807) is 19.1 Å². The standard InChI is InChI=1S/C17H17FN2O4/c1-10-12(13-8-11(9-22)2-4-14(13)18)3-5-16(19-10)20-15(6-7-21)17(23)24/h2-5,7-8,15,22H,6,9H2,1H3,(H,19,20)(H,23,24). The molecule has 0 fully saturated rings. The van der Waals surface area contributed by atoms with Crippen LogP contribution in [0.25, 0.3) is 11.1 Å². The number of carbonyl (C=O) groups excluding carboxylic acids is 1. The molecule has 0 spiro atoms. The number of pyridine rings is 1. The number of aliphatic carboxylic acids is 1. The molecule has 0 amide bonds. The van der Waals surface area contributed by atoms with Gasteiger partial charge in [0.05, 0.1) is 6.61 Å². The Kier molecular flexibility index (Phi) is 5.59. The van der Waals surface area contributed by atoms with Gasteiger partial charge in [-0.15, -0.1) is 0 Å². The maximum absolute atomic E-state index is 14.0. The van der Waals surface area contributed by atoms with E-state index >= 15 is 0 Å². The lowest BCUT2D eigenvalue weighted by atomic mass is 10.0. The van der Waals surface area contributed by atoms with Crippen molar-refractivity contribution in [3.05, 3.63) is 47.4 Å². The summed E-state index contributed by atoms with van der Waals surface area (Å²) < 4.78 is 14.0. The lowest BCUT2D eigenvalue weighted by Gasteiger charge is -2.14. The van der Waals surface area contributed by atoms with Gasteiger partial charge in [0, 0.05) is 23.2 Å². The van der Waals surface area contributed by atoms with Crippen molar-refractivity contribution in [3.8, 4) is 11.1 Å².